The molecule has 1 aromatic rings. The van der Waals surface area contributed by atoms with Crippen molar-refractivity contribution in [3.05, 3.63) is 34.9 Å². The second-order valence-electron chi connectivity index (χ2n) is 5.93. The molecule has 0 atom stereocenters. The first-order valence-electron chi connectivity index (χ1n) is 7.61. The summed E-state index contributed by atoms with van der Waals surface area (Å²) < 4.78 is 0. The Hall–Kier alpha value is -1.48. The first-order valence-corrected chi connectivity index (χ1v) is 7.61. The van der Waals surface area contributed by atoms with Crippen LogP contribution in [-0.2, 0) is 17.6 Å². The van der Waals surface area contributed by atoms with Gasteiger partial charge in [-0.05, 0) is 42.9 Å². The Bertz CT molecular complexity index is 526. The van der Waals surface area contributed by atoms with E-state index in [0.717, 1.165) is 31.5 Å². The maximum Gasteiger partial charge on any atom is 0.176 e. The van der Waals surface area contributed by atoms with Gasteiger partial charge in [0, 0.05) is 31.5 Å². The van der Waals surface area contributed by atoms with E-state index < -0.39 is 0 Å². The van der Waals surface area contributed by atoms with Gasteiger partial charge in [0.25, 0.3) is 0 Å². The number of aryl methyl sites for hydroxylation is 2. The van der Waals surface area contributed by atoms with Crippen molar-refractivity contribution in [3.63, 3.8) is 0 Å². The predicted molar refractivity (Wildman–Crippen MR) is 78.1 cm³/mol. The van der Waals surface area contributed by atoms with E-state index in [1.807, 2.05) is 6.07 Å². The molecule has 3 rings (SSSR count). The summed E-state index contributed by atoms with van der Waals surface area (Å²) in [5.74, 6) is 0.509. The van der Waals surface area contributed by atoms with E-state index in [1.165, 1.54) is 24.0 Å². The van der Waals surface area contributed by atoms with Gasteiger partial charge >= 0.3 is 0 Å². The minimum absolute atomic E-state index is 0.188. The fourth-order valence-corrected chi connectivity index (χ4v) is 3.16. The number of nitrogens with zero attached hydrogens (tertiary/aromatic N) is 1. The first kappa shape index (κ1) is 13.5. The fraction of sp³-hybridized carbons (Fsp3) is 0.529. The molecular weight excluding hydrogens is 250 g/mol. The molecule has 0 spiro atoms. The SMILES string of the molecule is O=C1CCN(CC(=O)c2ccc3c(c2)CCCC3)CC1. The van der Waals surface area contributed by atoms with Crippen LogP contribution in [0.2, 0.25) is 0 Å². The molecule has 1 heterocycles. The zero-order valence-electron chi connectivity index (χ0n) is 11.9. The van der Waals surface area contributed by atoms with Crippen LogP contribution in [0, 0.1) is 0 Å². The standard InChI is InChI=1S/C17H21NO2/c19-16-7-9-18(10-8-16)12-17(20)15-6-5-13-3-1-2-4-14(13)11-15/h5-6,11H,1-4,7-10,12H2. The Morgan fingerprint density at radius 1 is 1.00 bits per heavy atom. The second kappa shape index (κ2) is 5.88. The van der Waals surface area contributed by atoms with E-state index >= 15 is 0 Å². The molecule has 0 aromatic heterocycles. The monoisotopic (exact) mass is 271 g/mol. The van der Waals surface area contributed by atoms with Crippen LogP contribution in [0.25, 0.3) is 0 Å². The smallest absolute Gasteiger partial charge is 0.176 e. The summed E-state index contributed by atoms with van der Waals surface area (Å²) in [6.45, 7) is 1.91. The Morgan fingerprint density at radius 2 is 1.70 bits per heavy atom. The van der Waals surface area contributed by atoms with Gasteiger partial charge in [-0.2, -0.15) is 0 Å². The molecule has 1 fully saturated rings. The molecule has 1 aliphatic heterocycles. The normalized spacial score (nSPS) is 19.7. The van der Waals surface area contributed by atoms with Crippen LogP contribution in [0.15, 0.2) is 18.2 Å². The van der Waals surface area contributed by atoms with Gasteiger partial charge in [-0.25, -0.2) is 0 Å². The fourth-order valence-electron chi connectivity index (χ4n) is 3.16. The minimum Gasteiger partial charge on any atom is -0.300 e. The van der Waals surface area contributed by atoms with E-state index in [9.17, 15) is 9.59 Å². The van der Waals surface area contributed by atoms with Crippen LogP contribution in [0.3, 0.4) is 0 Å². The van der Waals surface area contributed by atoms with Crippen LogP contribution in [0.5, 0.6) is 0 Å². The third-order valence-electron chi connectivity index (χ3n) is 4.45. The highest BCUT2D eigenvalue weighted by atomic mass is 16.1. The van der Waals surface area contributed by atoms with Crippen molar-refractivity contribution in [2.24, 2.45) is 0 Å². The van der Waals surface area contributed by atoms with Gasteiger partial charge in [0.15, 0.2) is 5.78 Å². The Morgan fingerprint density at radius 3 is 2.45 bits per heavy atom. The Labute approximate surface area is 120 Å². The number of likely N-dealkylation sites (tertiary alicyclic amines) is 1. The lowest BCUT2D eigenvalue weighted by Gasteiger charge is -2.25. The summed E-state index contributed by atoms with van der Waals surface area (Å²) in [7, 11) is 0. The highest BCUT2D eigenvalue weighted by Crippen LogP contribution is 2.22. The van der Waals surface area contributed by atoms with Gasteiger partial charge in [-0.1, -0.05) is 12.1 Å². The number of hydrogen-bond donors (Lipinski definition) is 0. The summed E-state index contributed by atoms with van der Waals surface area (Å²) in [5, 5.41) is 0. The number of carbonyl (C=O) groups excluding carboxylic acids is 2. The molecule has 3 heteroatoms. The molecule has 0 amide bonds. The molecule has 2 aliphatic rings. The molecule has 0 saturated carbocycles. The lowest BCUT2D eigenvalue weighted by atomic mass is 9.89. The number of benzene rings is 1. The van der Waals surface area contributed by atoms with Crippen LogP contribution < -0.4 is 0 Å². The Kier molecular flexibility index (Phi) is 3.97. The number of hydrogen-bond acceptors (Lipinski definition) is 3. The number of piperidine rings is 1. The molecule has 1 aromatic carbocycles. The topological polar surface area (TPSA) is 37.4 Å². The van der Waals surface area contributed by atoms with Crippen molar-refractivity contribution >= 4 is 11.6 Å². The molecule has 0 bridgehead atoms. The lowest BCUT2D eigenvalue weighted by Crippen LogP contribution is -2.37. The molecule has 1 aliphatic carbocycles. The zero-order valence-corrected chi connectivity index (χ0v) is 11.9. The van der Waals surface area contributed by atoms with E-state index in [0.29, 0.717) is 25.2 Å². The van der Waals surface area contributed by atoms with Crippen molar-refractivity contribution in [1.29, 1.82) is 0 Å². The Balaban J connectivity index is 1.66. The van der Waals surface area contributed by atoms with E-state index in [1.54, 1.807) is 0 Å². The predicted octanol–water partition coefficient (Wildman–Crippen LogP) is 2.41. The molecule has 1 saturated heterocycles. The van der Waals surface area contributed by atoms with Gasteiger partial charge in [0.05, 0.1) is 6.54 Å². The van der Waals surface area contributed by atoms with Crippen molar-refractivity contribution in [2.45, 2.75) is 38.5 Å². The third kappa shape index (κ3) is 2.98. The maximum absolute atomic E-state index is 12.4. The highest BCUT2D eigenvalue weighted by molar-refractivity contribution is 5.98. The van der Waals surface area contributed by atoms with Crippen LogP contribution in [0.4, 0.5) is 0 Å². The van der Waals surface area contributed by atoms with Gasteiger partial charge in [0.2, 0.25) is 0 Å². The van der Waals surface area contributed by atoms with Crippen molar-refractivity contribution < 1.29 is 9.59 Å². The first-order chi connectivity index (χ1) is 9.72. The van der Waals surface area contributed by atoms with Gasteiger partial charge in [-0.15, -0.1) is 0 Å². The molecule has 3 nitrogen and oxygen atoms in total. The molecule has 0 radical (unpaired) electrons. The summed E-state index contributed by atoms with van der Waals surface area (Å²) in [5.41, 5.74) is 3.61. The highest BCUT2D eigenvalue weighted by Gasteiger charge is 2.20. The summed E-state index contributed by atoms with van der Waals surface area (Å²) >= 11 is 0. The van der Waals surface area contributed by atoms with Gasteiger partial charge in [-0.3, -0.25) is 14.5 Å². The van der Waals surface area contributed by atoms with Crippen molar-refractivity contribution in [3.8, 4) is 0 Å². The average molecular weight is 271 g/mol. The third-order valence-corrected chi connectivity index (χ3v) is 4.45. The number of ketones is 2. The summed E-state index contributed by atoms with van der Waals surface area (Å²) in [6, 6.07) is 6.19. The quantitative estimate of drug-likeness (QED) is 0.792. The van der Waals surface area contributed by atoms with Gasteiger partial charge in [0.1, 0.15) is 5.78 Å². The summed E-state index contributed by atoms with van der Waals surface area (Å²) in [4.78, 5) is 25.7. The molecule has 0 N–H and O–H groups in total. The number of Topliss-reactive ketones (excluding diaryl/α,β-unsaturated/α-hetero) is 2. The number of rotatable bonds is 3. The minimum atomic E-state index is 0.188. The zero-order chi connectivity index (χ0) is 13.9. The van der Waals surface area contributed by atoms with Crippen LogP contribution in [0.1, 0.15) is 47.2 Å². The molecule has 20 heavy (non-hydrogen) atoms. The number of fused-ring (bicyclic) bond motifs is 1. The second-order valence-corrected chi connectivity index (χ2v) is 5.93. The molecule has 106 valence electrons. The van der Waals surface area contributed by atoms with Gasteiger partial charge < -0.3 is 0 Å². The van der Waals surface area contributed by atoms with Crippen LogP contribution in [-0.4, -0.2) is 36.1 Å². The van der Waals surface area contributed by atoms with E-state index in [2.05, 4.69) is 17.0 Å². The number of carbonyl (C=O) groups is 2. The van der Waals surface area contributed by atoms with Crippen molar-refractivity contribution in [2.75, 3.05) is 19.6 Å². The average Bonchev–Trinajstić information content (AvgIpc) is 2.49. The van der Waals surface area contributed by atoms with E-state index in [4.69, 9.17) is 0 Å². The van der Waals surface area contributed by atoms with Crippen molar-refractivity contribution in [1.82, 2.24) is 4.90 Å². The molecular formula is C17H21NO2. The molecule has 0 unspecified atom stereocenters. The lowest BCUT2D eigenvalue weighted by molar-refractivity contribution is -0.121. The van der Waals surface area contributed by atoms with Crippen LogP contribution >= 0.6 is 0 Å². The summed E-state index contributed by atoms with van der Waals surface area (Å²) in [6.07, 6.45) is 5.95. The van der Waals surface area contributed by atoms with E-state index in [-0.39, 0.29) is 5.78 Å². The largest absolute Gasteiger partial charge is 0.300 e. The maximum atomic E-state index is 12.4.